The summed E-state index contributed by atoms with van der Waals surface area (Å²) in [6, 6.07) is 9.51. The maximum absolute atomic E-state index is 14.3. The van der Waals surface area contributed by atoms with E-state index in [4.69, 9.17) is 4.74 Å². The third-order valence-electron chi connectivity index (χ3n) is 3.94. The van der Waals surface area contributed by atoms with E-state index in [2.05, 4.69) is 12.2 Å². The molecule has 1 aliphatic rings. The van der Waals surface area contributed by atoms with Gasteiger partial charge in [-0.2, -0.15) is 0 Å². The van der Waals surface area contributed by atoms with Crippen LogP contribution in [-0.2, 0) is 11.2 Å². The zero-order valence-corrected chi connectivity index (χ0v) is 11.8. The minimum Gasteiger partial charge on any atom is -0.379 e. The van der Waals surface area contributed by atoms with Gasteiger partial charge in [0.1, 0.15) is 5.82 Å². The molecule has 2 aromatic rings. The molecular formula is C17H20FNO. The van der Waals surface area contributed by atoms with Gasteiger partial charge in [-0.1, -0.05) is 31.2 Å². The van der Waals surface area contributed by atoms with Gasteiger partial charge in [-0.15, -0.1) is 0 Å². The number of hydrogen-bond donors (Lipinski definition) is 1. The first kappa shape index (κ1) is 13.5. The Morgan fingerprint density at radius 2 is 2.10 bits per heavy atom. The normalized spacial score (nSPS) is 18.8. The second kappa shape index (κ2) is 5.90. The predicted octanol–water partition coefficient (Wildman–Crippen LogP) is 3.59. The largest absolute Gasteiger partial charge is 0.379 e. The fraction of sp³-hybridized carbons (Fsp3) is 0.412. The second-order valence-electron chi connectivity index (χ2n) is 5.30. The van der Waals surface area contributed by atoms with Crippen molar-refractivity contribution >= 4 is 10.8 Å². The highest BCUT2D eigenvalue weighted by atomic mass is 19.1. The summed E-state index contributed by atoms with van der Waals surface area (Å²) in [7, 11) is 0. The van der Waals surface area contributed by atoms with Crippen molar-refractivity contribution in [2.24, 2.45) is 0 Å². The van der Waals surface area contributed by atoms with Crippen LogP contribution in [0.5, 0.6) is 0 Å². The van der Waals surface area contributed by atoms with E-state index in [9.17, 15) is 4.39 Å². The van der Waals surface area contributed by atoms with Crippen LogP contribution in [0.15, 0.2) is 30.3 Å². The Morgan fingerprint density at radius 3 is 2.90 bits per heavy atom. The summed E-state index contributed by atoms with van der Waals surface area (Å²) in [6.07, 6.45) is 1.91. The molecule has 106 valence electrons. The maximum Gasteiger partial charge on any atom is 0.131 e. The van der Waals surface area contributed by atoms with Gasteiger partial charge in [0.2, 0.25) is 0 Å². The Hall–Kier alpha value is -1.45. The van der Waals surface area contributed by atoms with E-state index >= 15 is 0 Å². The molecule has 1 atom stereocenters. The van der Waals surface area contributed by atoms with Gasteiger partial charge in [0.05, 0.1) is 19.3 Å². The Labute approximate surface area is 118 Å². The van der Waals surface area contributed by atoms with Crippen molar-refractivity contribution in [3.8, 4) is 0 Å². The molecule has 2 nitrogen and oxygen atoms in total. The molecule has 2 aromatic carbocycles. The zero-order valence-electron chi connectivity index (χ0n) is 11.8. The summed E-state index contributed by atoms with van der Waals surface area (Å²) in [5.41, 5.74) is 2.29. The fourth-order valence-electron chi connectivity index (χ4n) is 2.95. The first-order valence-corrected chi connectivity index (χ1v) is 7.32. The summed E-state index contributed by atoms with van der Waals surface area (Å²) in [4.78, 5) is 0. The molecule has 0 aliphatic carbocycles. The van der Waals surface area contributed by atoms with Crippen molar-refractivity contribution in [3.63, 3.8) is 0 Å². The highest BCUT2D eigenvalue weighted by Crippen LogP contribution is 2.31. The van der Waals surface area contributed by atoms with E-state index in [1.54, 1.807) is 6.07 Å². The van der Waals surface area contributed by atoms with Crippen molar-refractivity contribution in [2.75, 3.05) is 19.8 Å². The predicted molar refractivity (Wildman–Crippen MR) is 79.5 cm³/mol. The first-order chi connectivity index (χ1) is 9.81. The lowest BCUT2D eigenvalue weighted by molar-refractivity contribution is 0.121. The molecule has 1 aliphatic heterocycles. The number of hydrogen-bond acceptors (Lipinski definition) is 2. The van der Waals surface area contributed by atoms with Crippen molar-refractivity contribution in [1.29, 1.82) is 0 Å². The van der Waals surface area contributed by atoms with Crippen LogP contribution in [0, 0.1) is 5.82 Å². The minimum absolute atomic E-state index is 0.0894. The summed E-state index contributed by atoms with van der Waals surface area (Å²) in [5.74, 6) is -0.135. The summed E-state index contributed by atoms with van der Waals surface area (Å²) in [6.45, 7) is 4.37. The molecule has 1 heterocycles. The minimum atomic E-state index is -0.135. The van der Waals surface area contributed by atoms with Crippen molar-refractivity contribution < 1.29 is 9.13 Å². The molecule has 1 N–H and O–H groups in total. The van der Waals surface area contributed by atoms with Crippen LogP contribution >= 0.6 is 0 Å². The average molecular weight is 273 g/mol. The topological polar surface area (TPSA) is 21.3 Å². The van der Waals surface area contributed by atoms with Gasteiger partial charge in [-0.05, 0) is 42.0 Å². The standard InChI is InChI=1S/C17H20FNO/c1-2-8-19-17-11-20-9-7-13-12-5-3-4-6-14(12)16(18)10-15(13)17/h3-6,10,17,19H,2,7-9,11H2,1H3. The molecule has 0 saturated carbocycles. The van der Waals surface area contributed by atoms with Crippen LogP contribution in [0.4, 0.5) is 4.39 Å². The molecule has 0 amide bonds. The number of ether oxygens (including phenoxy) is 1. The molecule has 0 spiro atoms. The van der Waals surface area contributed by atoms with Gasteiger partial charge in [-0.3, -0.25) is 0 Å². The summed E-state index contributed by atoms with van der Waals surface area (Å²) in [5, 5.41) is 5.20. The Morgan fingerprint density at radius 1 is 1.30 bits per heavy atom. The average Bonchev–Trinajstić information content (AvgIpc) is 2.68. The van der Waals surface area contributed by atoms with Gasteiger partial charge in [0.15, 0.2) is 0 Å². The maximum atomic E-state index is 14.3. The summed E-state index contributed by atoms with van der Waals surface area (Å²) >= 11 is 0. The van der Waals surface area contributed by atoms with E-state index in [-0.39, 0.29) is 11.9 Å². The van der Waals surface area contributed by atoms with Gasteiger partial charge < -0.3 is 10.1 Å². The molecule has 3 rings (SSSR count). The van der Waals surface area contributed by atoms with Gasteiger partial charge in [0, 0.05) is 5.39 Å². The first-order valence-electron chi connectivity index (χ1n) is 7.32. The fourth-order valence-corrected chi connectivity index (χ4v) is 2.95. The van der Waals surface area contributed by atoms with Crippen LogP contribution in [-0.4, -0.2) is 19.8 Å². The number of nitrogens with one attached hydrogen (secondary N) is 1. The lowest BCUT2D eigenvalue weighted by Gasteiger charge is -2.20. The van der Waals surface area contributed by atoms with E-state index in [1.165, 1.54) is 5.56 Å². The van der Waals surface area contributed by atoms with E-state index in [1.807, 2.05) is 24.3 Å². The van der Waals surface area contributed by atoms with Crippen LogP contribution in [0.25, 0.3) is 10.8 Å². The SMILES string of the molecule is CCCNC1COCCc2c1cc(F)c1ccccc21. The second-order valence-corrected chi connectivity index (χ2v) is 5.30. The summed E-state index contributed by atoms with van der Waals surface area (Å²) < 4.78 is 20.0. The van der Waals surface area contributed by atoms with Gasteiger partial charge >= 0.3 is 0 Å². The molecule has 0 bridgehead atoms. The van der Waals surface area contributed by atoms with Crippen molar-refractivity contribution in [1.82, 2.24) is 5.32 Å². The number of fused-ring (bicyclic) bond motifs is 3. The number of rotatable bonds is 3. The number of benzene rings is 2. The van der Waals surface area contributed by atoms with E-state index in [0.717, 1.165) is 30.3 Å². The number of halogens is 1. The molecule has 20 heavy (non-hydrogen) atoms. The van der Waals surface area contributed by atoms with Crippen molar-refractivity contribution in [2.45, 2.75) is 25.8 Å². The molecule has 1 unspecified atom stereocenters. The third-order valence-corrected chi connectivity index (χ3v) is 3.94. The molecule has 0 radical (unpaired) electrons. The highest BCUT2D eigenvalue weighted by molar-refractivity contribution is 5.87. The lowest BCUT2D eigenvalue weighted by atomic mass is 9.93. The van der Waals surface area contributed by atoms with E-state index < -0.39 is 0 Å². The van der Waals surface area contributed by atoms with Crippen LogP contribution in [0.2, 0.25) is 0 Å². The molecular weight excluding hydrogens is 253 g/mol. The van der Waals surface area contributed by atoms with Crippen LogP contribution < -0.4 is 5.32 Å². The Kier molecular flexibility index (Phi) is 3.99. The Bertz CT molecular complexity index is 611. The molecule has 0 saturated heterocycles. The molecule has 3 heteroatoms. The van der Waals surface area contributed by atoms with Crippen molar-refractivity contribution in [3.05, 3.63) is 47.3 Å². The smallest absolute Gasteiger partial charge is 0.131 e. The van der Waals surface area contributed by atoms with Gasteiger partial charge in [0.25, 0.3) is 0 Å². The zero-order chi connectivity index (χ0) is 13.9. The highest BCUT2D eigenvalue weighted by Gasteiger charge is 2.22. The molecule has 0 fully saturated rings. The molecule has 0 aromatic heterocycles. The van der Waals surface area contributed by atoms with Crippen LogP contribution in [0.3, 0.4) is 0 Å². The van der Waals surface area contributed by atoms with E-state index in [0.29, 0.717) is 18.6 Å². The van der Waals surface area contributed by atoms with Crippen LogP contribution in [0.1, 0.15) is 30.5 Å². The Balaban J connectivity index is 2.13. The lowest BCUT2D eigenvalue weighted by Crippen LogP contribution is -2.26. The monoisotopic (exact) mass is 273 g/mol. The van der Waals surface area contributed by atoms with Gasteiger partial charge in [-0.25, -0.2) is 4.39 Å². The third kappa shape index (κ3) is 2.43. The quantitative estimate of drug-likeness (QED) is 0.922.